The largest absolute Gasteiger partial charge is 0.317 e. The van der Waals surface area contributed by atoms with Crippen molar-refractivity contribution in [3.8, 4) is 0 Å². The van der Waals surface area contributed by atoms with Crippen LogP contribution in [-0.2, 0) is 9.09 Å². The molecule has 0 saturated carbocycles. The van der Waals surface area contributed by atoms with Crippen molar-refractivity contribution in [1.82, 2.24) is 4.67 Å². The van der Waals surface area contributed by atoms with E-state index in [-0.39, 0.29) is 0 Å². The molecule has 1 atom stereocenters. The van der Waals surface area contributed by atoms with Gasteiger partial charge in [-0.05, 0) is 20.5 Å². The lowest BCUT2D eigenvalue weighted by Gasteiger charge is -2.17. The van der Waals surface area contributed by atoms with Crippen LogP contribution in [0.1, 0.15) is 6.42 Å². The molecule has 1 aliphatic heterocycles. The molecule has 0 amide bonds. The first-order valence-electron chi connectivity index (χ1n) is 3.06. The molecule has 1 fully saturated rings. The van der Waals surface area contributed by atoms with Gasteiger partial charge in [0.2, 0.25) is 0 Å². The summed E-state index contributed by atoms with van der Waals surface area (Å²) in [5.41, 5.74) is 0. The van der Waals surface area contributed by atoms with Crippen LogP contribution in [0.25, 0.3) is 0 Å². The van der Waals surface area contributed by atoms with Gasteiger partial charge in [0.25, 0.3) is 7.52 Å². The van der Waals surface area contributed by atoms with Gasteiger partial charge in [-0.2, -0.15) is 0 Å². The molecule has 1 unspecified atom stereocenters. The highest BCUT2D eigenvalue weighted by atomic mass is 31.2. The van der Waals surface area contributed by atoms with E-state index in [1.807, 2.05) is 0 Å². The summed E-state index contributed by atoms with van der Waals surface area (Å²) in [6, 6.07) is 0. The van der Waals surface area contributed by atoms with Gasteiger partial charge >= 0.3 is 0 Å². The summed E-state index contributed by atoms with van der Waals surface area (Å²) >= 11 is 0. The molecule has 0 bridgehead atoms. The van der Waals surface area contributed by atoms with Gasteiger partial charge in [0.15, 0.2) is 0 Å². The molecule has 0 N–H and O–H groups in total. The summed E-state index contributed by atoms with van der Waals surface area (Å²) in [4.78, 5) is 0. The van der Waals surface area contributed by atoms with Crippen LogP contribution in [0.15, 0.2) is 0 Å². The Morgan fingerprint density at radius 2 is 2.22 bits per heavy atom. The average Bonchev–Trinajstić information content (AvgIpc) is 2.16. The van der Waals surface area contributed by atoms with Gasteiger partial charge in [-0.1, -0.05) is 0 Å². The van der Waals surface area contributed by atoms with Crippen molar-refractivity contribution >= 4 is 7.52 Å². The van der Waals surface area contributed by atoms with Crippen LogP contribution in [0.4, 0.5) is 0 Å². The fraction of sp³-hybridized carbons (Fsp3) is 1.00. The summed E-state index contributed by atoms with van der Waals surface area (Å²) in [6.07, 6.45) is 1.66. The van der Waals surface area contributed by atoms with E-state index in [1.54, 1.807) is 18.8 Å². The highest BCUT2D eigenvalue weighted by Gasteiger charge is 2.30. The van der Waals surface area contributed by atoms with Crippen LogP contribution in [0.2, 0.25) is 0 Å². The van der Waals surface area contributed by atoms with E-state index in [1.165, 1.54) is 0 Å². The van der Waals surface area contributed by atoms with E-state index in [4.69, 9.17) is 4.52 Å². The zero-order chi connectivity index (χ0) is 6.91. The van der Waals surface area contributed by atoms with Gasteiger partial charge in [-0.3, -0.25) is 4.57 Å². The molecule has 1 rings (SSSR count). The van der Waals surface area contributed by atoms with Gasteiger partial charge in [0.05, 0.1) is 6.61 Å². The Bertz CT molecular complexity index is 136. The third-order valence-corrected chi connectivity index (χ3v) is 4.17. The first-order valence-corrected chi connectivity index (χ1v) is 4.83. The predicted octanol–water partition coefficient (Wildman–Crippen LogP) is 1.16. The van der Waals surface area contributed by atoms with Crippen molar-refractivity contribution in [2.24, 2.45) is 0 Å². The fourth-order valence-corrected chi connectivity index (χ4v) is 2.55. The van der Waals surface area contributed by atoms with Crippen molar-refractivity contribution in [2.45, 2.75) is 6.42 Å². The molecule has 0 aromatic carbocycles. The van der Waals surface area contributed by atoms with Gasteiger partial charge < -0.3 is 4.52 Å². The zero-order valence-corrected chi connectivity index (χ0v) is 6.73. The van der Waals surface area contributed by atoms with Gasteiger partial charge in [-0.25, -0.2) is 4.67 Å². The highest BCUT2D eigenvalue weighted by Crippen LogP contribution is 2.52. The third kappa shape index (κ3) is 1.34. The van der Waals surface area contributed by atoms with Crippen molar-refractivity contribution in [2.75, 3.05) is 26.9 Å². The van der Waals surface area contributed by atoms with Crippen molar-refractivity contribution in [3.63, 3.8) is 0 Å². The van der Waals surface area contributed by atoms with Gasteiger partial charge in [0.1, 0.15) is 0 Å². The van der Waals surface area contributed by atoms with E-state index in [9.17, 15) is 4.57 Å². The minimum Gasteiger partial charge on any atom is -0.317 e. The van der Waals surface area contributed by atoms with Crippen LogP contribution < -0.4 is 0 Å². The Balaban J connectivity index is 2.62. The van der Waals surface area contributed by atoms with E-state index in [2.05, 4.69) is 0 Å². The maximum Gasteiger partial charge on any atom is 0.271 e. The molecule has 0 spiro atoms. The molecule has 0 aliphatic carbocycles. The van der Waals surface area contributed by atoms with Crippen molar-refractivity contribution in [3.05, 3.63) is 0 Å². The standard InChI is InChI=1S/C5H12NO2P/c1-6(2)9(7)5-3-4-8-9/h3-5H2,1-2H3. The van der Waals surface area contributed by atoms with Gasteiger partial charge in [0, 0.05) is 6.16 Å². The lowest BCUT2D eigenvalue weighted by atomic mass is 10.5. The zero-order valence-electron chi connectivity index (χ0n) is 5.83. The Kier molecular flexibility index (Phi) is 1.94. The van der Waals surface area contributed by atoms with Crippen LogP contribution in [-0.4, -0.2) is 31.5 Å². The first kappa shape index (κ1) is 7.26. The lowest BCUT2D eigenvalue weighted by molar-refractivity contribution is 0.318. The van der Waals surface area contributed by atoms with E-state index in [0.717, 1.165) is 12.6 Å². The minimum absolute atomic E-state index is 0.662. The van der Waals surface area contributed by atoms with Gasteiger partial charge in [-0.15, -0.1) is 0 Å². The molecule has 1 aliphatic rings. The summed E-state index contributed by atoms with van der Waals surface area (Å²) in [6.45, 7) is 0.662. The second-order valence-electron chi connectivity index (χ2n) is 2.40. The Morgan fingerprint density at radius 3 is 2.44 bits per heavy atom. The van der Waals surface area contributed by atoms with Crippen LogP contribution in [0.5, 0.6) is 0 Å². The SMILES string of the molecule is CN(C)P1(=O)CCCO1. The average molecular weight is 149 g/mol. The molecule has 1 saturated heterocycles. The molecule has 0 radical (unpaired) electrons. The Labute approximate surface area is 55.5 Å². The summed E-state index contributed by atoms with van der Waals surface area (Å²) < 4.78 is 18.2. The highest BCUT2D eigenvalue weighted by molar-refractivity contribution is 7.56. The van der Waals surface area contributed by atoms with Crippen LogP contribution in [0.3, 0.4) is 0 Å². The second kappa shape index (κ2) is 2.41. The predicted molar refractivity (Wildman–Crippen MR) is 36.7 cm³/mol. The second-order valence-corrected chi connectivity index (χ2v) is 5.18. The normalized spacial score (nSPS) is 35.9. The van der Waals surface area contributed by atoms with Crippen LogP contribution >= 0.6 is 7.52 Å². The quantitative estimate of drug-likeness (QED) is 0.524. The molecule has 0 aromatic rings. The van der Waals surface area contributed by atoms with E-state index >= 15 is 0 Å². The number of nitrogens with zero attached hydrogens (tertiary/aromatic N) is 1. The number of hydrogen-bond donors (Lipinski definition) is 0. The molecule has 9 heavy (non-hydrogen) atoms. The third-order valence-electron chi connectivity index (χ3n) is 1.49. The van der Waals surface area contributed by atoms with Crippen LogP contribution in [0, 0.1) is 0 Å². The molecule has 4 heteroatoms. The van der Waals surface area contributed by atoms with E-state index < -0.39 is 7.52 Å². The Morgan fingerprint density at radius 1 is 1.56 bits per heavy atom. The van der Waals surface area contributed by atoms with Crippen molar-refractivity contribution < 1.29 is 9.09 Å². The summed E-state index contributed by atoms with van der Waals surface area (Å²) in [5.74, 6) is 0. The minimum atomic E-state index is -2.31. The van der Waals surface area contributed by atoms with Crippen molar-refractivity contribution in [1.29, 1.82) is 0 Å². The maximum atomic E-state index is 11.4. The molecule has 1 heterocycles. The van der Waals surface area contributed by atoms with E-state index in [0.29, 0.717) is 6.61 Å². The maximum absolute atomic E-state index is 11.4. The topological polar surface area (TPSA) is 29.5 Å². The Hall–Kier alpha value is 0.150. The monoisotopic (exact) mass is 149 g/mol. The summed E-state index contributed by atoms with van der Waals surface area (Å²) in [7, 11) is 1.29. The molecular weight excluding hydrogens is 137 g/mol. The molecule has 3 nitrogen and oxygen atoms in total. The number of hydrogen-bond acceptors (Lipinski definition) is 2. The lowest BCUT2D eigenvalue weighted by Crippen LogP contribution is -2.08. The molecule has 54 valence electrons. The molecule has 0 aromatic heterocycles. The summed E-state index contributed by atoms with van der Waals surface area (Å²) in [5, 5.41) is 0. The molecular formula is C5H12NO2P. The number of rotatable bonds is 1. The fourth-order valence-electron chi connectivity index (χ4n) is 0.852. The first-order chi connectivity index (χ1) is 4.15. The smallest absolute Gasteiger partial charge is 0.271 e.